The van der Waals surface area contributed by atoms with Gasteiger partial charge in [-0.3, -0.25) is 4.79 Å². The van der Waals surface area contributed by atoms with Crippen LogP contribution in [-0.4, -0.2) is 16.0 Å². The molecule has 0 saturated heterocycles. The number of aliphatic hydroxyl groups is 1. The van der Waals surface area contributed by atoms with E-state index in [1.54, 1.807) is 24.4 Å². The lowest BCUT2D eigenvalue weighted by atomic mass is 9.83. The Morgan fingerprint density at radius 3 is 1.92 bits per heavy atom. The summed E-state index contributed by atoms with van der Waals surface area (Å²) in [6.45, 7) is 0. The van der Waals surface area contributed by atoms with Crippen molar-refractivity contribution < 1.29 is 9.90 Å². The van der Waals surface area contributed by atoms with Crippen LogP contribution in [0.25, 0.3) is 0 Å². The molecule has 0 atom stereocenters. The maximum absolute atomic E-state index is 12.5. The van der Waals surface area contributed by atoms with Crippen molar-refractivity contribution in [2.75, 3.05) is 5.32 Å². The highest BCUT2D eigenvalue weighted by atomic mass is 16.3. The van der Waals surface area contributed by atoms with E-state index in [9.17, 15) is 9.90 Å². The minimum atomic E-state index is -1.40. The molecule has 1 amide bonds. The van der Waals surface area contributed by atoms with Gasteiger partial charge in [0.1, 0.15) is 11.4 Å². The number of hydrogen-bond acceptors (Lipinski definition) is 3. The van der Waals surface area contributed by atoms with Gasteiger partial charge in [0.15, 0.2) is 0 Å². The first-order chi connectivity index (χ1) is 11.7. The zero-order valence-electron chi connectivity index (χ0n) is 13.1. The van der Waals surface area contributed by atoms with Gasteiger partial charge in [-0.2, -0.15) is 0 Å². The lowest BCUT2D eigenvalue weighted by Gasteiger charge is -2.28. The molecular weight excluding hydrogens is 300 g/mol. The van der Waals surface area contributed by atoms with Crippen molar-refractivity contribution in [3.8, 4) is 0 Å². The molecular formula is C20H18N2O2. The molecule has 24 heavy (non-hydrogen) atoms. The molecule has 1 aromatic heterocycles. The maximum atomic E-state index is 12.5. The molecule has 3 rings (SSSR count). The highest BCUT2D eigenvalue weighted by Gasteiger charge is 2.34. The maximum Gasteiger partial charge on any atom is 0.229 e. The number of nitrogens with one attached hydrogen (secondary N) is 1. The molecule has 4 nitrogen and oxygen atoms in total. The second-order valence-electron chi connectivity index (χ2n) is 5.53. The fourth-order valence-electron chi connectivity index (χ4n) is 2.65. The summed E-state index contributed by atoms with van der Waals surface area (Å²) in [6, 6.07) is 23.7. The van der Waals surface area contributed by atoms with E-state index in [-0.39, 0.29) is 12.3 Å². The number of carbonyl (C=O) groups is 1. The Morgan fingerprint density at radius 1 is 0.875 bits per heavy atom. The largest absolute Gasteiger partial charge is 0.380 e. The number of carbonyl (C=O) groups excluding carboxylic acids is 1. The molecule has 1 heterocycles. The van der Waals surface area contributed by atoms with Crippen molar-refractivity contribution in [3.05, 3.63) is 96.2 Å². The van der Waals surface area contributed by atoms with Crippen LogP contribution in [0.5, 0.6) is 0 Å². The SMILES string of the molecule is O=C(CC(O)(c1ccccc1)c1ccccc1)Nc1ccccn1. The Balaban J connectivity index is 1.90. The van der Waals surface area contributed by atoms with Crippen LogP contribution in [0.2, 0.25) is 0 Å². The van der Waals surface area contributed by atoms with Crippen LogP contribution in [0.4, 0.5) is 5.82 Å². The van der Waals surface area contributed by atoms with Gasteiger partial charge in [0, 0.05) is 6.20 Å². The van der Waals surface area contributed by atoms with E-state index >= 15 is 0 Å². The van der Waals surface area contributed by atoms with Gasteiger partial charge < -0.3 is 10.4 Å². The van der Waals surface area contributed by atoms with Crippen LogP contribution in [0.15, 0.2) is 85.1 Å². The smallest absolute Gasteiger partial charge is 0.229 e. The Bertz CT molecular complexity index is 750. The lowest BCUT2D eigenvalue weighted by molar-refractivity contribution is -0.120. The quantitative estimate of drug-likeness (QED) is 0.758. The van der Waals surface area contributed by atoms with Gasteiger partial charge in [0.2, 0.25) is 5.91 Å². The summed E-state index contributed by atoms with van der Waals surface area (Å²) >= 11 is 0. The zero-order valence-corrected chi connectivity index (χ0v) is 13.1. The summed E-state index contributed by atoms with van der Waals surface area (Å²) in [5, 5.41) is 14.0. The Kier molecular flexibility index (Phi) is 4.68. The minimum absolute atomic E-state index is 0.0996. The molecule has 2 N–H and O–H groups in total. The highest BCUT2D eigenvalue weighted by molar-refractivity contribution is 5.91. The van der Waals surface area contributed by atoms with E-state index in [4.69, 9.17) is 0 Å². The third-order valence-corrected chi connectivity index (χ3v) is 3.85. The monoisotopic (exact) mass is 318 g/mol. The van der Waals surface area contributed by atoms with Crippen LogP contribution in [0.3, 0.4) is 0 Å². The second kappa shape index (κ2) is 7.06. The van der Waals surface area contributed by atoms with Crippen LogP contribution in [0.1, 0.15) is 17.5 Å². The van der Waals surface area contributed by atoms with Crippen molar-refractivity contribution in [1.82, 2.24) is 4.98 Å². The Hall–Kier alpha value is -2.98. The van der Waals surface area contributed by atoms with Gasteiger partial charge in [0.25, 0.3) is 0 Å². The Labute approximate surface area is 140 Å². The normalized spacial score (nSPS) is 11.0. The fourth-order valence-corrected chi connectivity index (χ4v) is 2.65. The lowest BCUT2D eigenvalue weighted by Crippen LogP contribution is -2.33. The van der Waals surface area contributed by atoms with Crippen LogP contribution < -0.4 is 5.32 Å². The van der Waals surface area contributed by atoms with Gasteiger partial charge in [-0.15, -0.1) is 0 Å². The summed E-state index contributed by atoms with van der Waals surface area (Å²) in [5.74, 6) is 0.162. The molecule has 0 aliphatic carbocycles. The third-order valence-electron chi connectivity index (χ3n) is 3.85. The van der Waals surface area contributed by atoms with E-state index in [1.807, 2.05) is 60.7 Å². The van der Waals surface area contributed by atoms with Crippen LogP contribution in [-0.2, 0) is 10.4 Å². The molecule has 0 bridgehead atoms. The summed E-state index contributed by atoms with van der Waals surface area (Å²) in [4.78, 5) is 16.5. The summed E-state index contributed by atoms with van der Waals surface area (Å²) < 4.78 is 0. The number of pyridine rings is 1. The molecule has 2 aromatic carbocycles. The van der Waals surface area contributed by atoms with Crippen molar-refractivity contribution in [2.24, 2.45) is 0 Å². The van der Waals surface area contributed by atoms with Gasteiger partial charge in [-0.05, 0) is 23.3 Å². The zero-order chi connectivity index (χ0) is 16.8. The molecule has 4 heteroatoms. The summed E-state index contributed by atoms with van der Waals surface area (Å²) in [6.07, 6.45) is 1.51. The fraction of sp³-hybridized carbons (Fsp3) is 0.100. The molecule has 0 saturated carbocycles. The summed E-state index contributed by atoms with van der Waals surface area (Å²) in [7, 11) is 0. The molecule has 3 aromatic rings. The van der Waals surface area contributed by atoms with Crippen LogP contribution >= 0.6 is 0 Å². The third kappa shape index (κ3) is 3.50. The van der Waals surface area contributed by atoms with E-state index < -0.39 is 5.60 Å². The minimum Gasteiger partial charge on any atom is -0.380 e. The average molecular weight is 318 g/mol. The van der Waals surface area contributed by atoms with Gasteiger partial charge in [0.05, 0.1) is 6.42 Å². The molecule has 0 fully saturated rings. The van der Waals surface area contributed by atoms with Crippen molar-refractivity contribution >= 4 is 11.7 Å². The van der Waals surface area contributed by atoms with Crippen molar-refractivity contribution in [1.29, 1.82) is 0 Å². The highest BCUT2D eigenvalue weighted by Crippen LogP contribution is 2.33. The summed E-state index contributed by atoms with van der Waals surface area (Å²) in [5.41, 5.74) is -0.0544. The van der Waals surface area contributed by atoms with Crippen molar-refractivity contribution in [3.63, 3.8) is 0 Å². The first-order valence-electron chi connectivity index (χ1n) is 7.73. The first-order valence-corrected chi connectivity index (χ1v) is 7.73. The molecule has 0 radical (unpaired) electrons. The molecule has 0 unspecified atom stereocenters. The molecule has 0 aliphatic rings. The van der Waals surface area contributed by atoms with Gasteiger partial charge in [-0.25, -0.2) is 4.98 Å². The van der Waals surface area contributed by atoms with E-state index in [0.29, 0.717) is 16.9 Å². The van der Waals surface area contributed by atoms with Gasteiger partial charge in [-0.1, -0.05) is 66.7 Å². The first kappa shape index (κ1) is 15.9. The number of rotatable bonds is 5. The number of anilines is 1. The number of nitrogens with zero attached hydrogens (tertiary/aromatic N) is 1. The molecule has 120 valence electrons. The van der Waals surface area contributed by atoms with E-state index in [0.717, 1.165) is 0 Å². The number of aromatic nitrogens is 1. The average Bonchev–Trinajstić information content (AvgIpc) is 2.64. The van der Waals surface area contributed by atoms with Crippen molar-refractivity contribution in [2.45, 2.75) is 12.0 Å². The van der Waals surface area contributed by atoms with Crippen LogP contribution in [0, 0.1) is 0 Å². The topological polar surface area (TPSA) is 62.2 Å². The molecule has 0 spiro atoms. The Morgan fingerprint density at radius 2 is 1.42 bits per heavy atom. The number of amides is 1. The van der Waals surface area contributed by atoms with Gasteiger partial charge >= 0.3 is 0 Å². The number of benzene rings is 2. The number of hydrogen-bond donors (Lipinski definition) is 2. The molecule has 0 aliphatic heterocycles. The van der Waals surface area contributed by atoms with E-state index in [2.05, 4.69) is 10.3 Å². The standard InChI is InChI=1S/C20H18N2O2/c23-19(22-18-13-7-8-14-21-18)15-20(24,16-9-3-1-4-10-16)17-11-5-2-6-12-17/h1-14,24H,15H2,(H,21,22,23). The van der Waals surface area contributed by atoms with E-state index in [1.165, 1.54) is 0 Å². The predicted molar refractivity (Wildman–Crippen MR) is 93.4 cm³/mol. The predicted octanol–water partition coefficient (Wildman–Crippen LogP) is 3.35. The second-order valence-corrected chi connectivity index (χ2v) is 5.53.